The van der Waals surface area contributed by atoms with Crippen molar-refractivity contribution >= 4 is 15.9 Å². The normalized spacial score (nSPS) is 12.7. The molecule has 1 unspecified atom stereocenters. The van der Waals surface area contributed by atoms with Crippen molar-refractivity contribution in [3.63, 3.8) is 0 Å². The van der Waals surface area contributed by atoms with Crippen LogP contribution in [0.5, 0.6) is 5.75 Å². The second kappa shape index (κ2) is 8.56. The second-order valence-corrected chi connectivity index (χ2v) is 5.86. The average Bonchev–Trinajstić information content (AvgIpc) is 2.36. The monoisotopic (exact) mass is 329 g/mol. The Kier molecular flexibility index (Phi) is 7.42. The highest BCUT2D eigenvalue weighted by Gasteiger charge is 2.08. The lowest BCUT2D eigenvalue weighted by molar-refractivity contribution is 0.134. The molecule has 0 bridgehead atoms. The van der Waals surface area contributed by atoms with Crippen molar-refractivity contribution in [2.24, 2.45) is 0 Å². The van der Waals surface area contributed by atoms with E-state index in [-0.39, 0.29) is 6.10 Å². The Labute approximate surface area is 124 Å². The summed E-state index contributed by atoms with van der Waals surface area (Å²) in [5.41, 5.74) is 1.25. The molecule has 1 aromatic rings. The molecule has 1 N–H and O–H groups in total. The number of rotatable bonds is 8. The van der Waals surface area contributed by atoms with Crippen LogP contribution in [0.2, 0.25) is 0 Å². The van der Waals surface area contributed by atoms with Crippen LogP contribution in [0.3, 0.4) is 0 Å². The minimum Gasteiger partial charge on any atom is -0.489 e. The average molecular weight is 330 g/mol. The highest BCUT2D eigenvalue weighted by molar-refractivity contribution is 9.10. The van der Waals surface area contributed by atoms with E-state index in [1.54, 1.807) is 7.11 Å². The Balaban J connectivity index is 2.56. The third kappa shape index (κ3) is 6.41. The Hall–Kier alpha value is -0.580. The third-order valence-electron chi connectivity index (χ3n) is 2.77. The van der Waals surface area contributed by atoms with Crippen LogP contribution in [0.15, 0.2) is 22.7 Å². The molecule has 0 aromatic heterocycles. The van der Waals surface area contributed by atoms with Crippen molar-refractivity contribution in [1.82, 2.24) is 5.32 Å². The van der Waals surface area contributed by atoms with Gasteiger partial charge < -0.3 is 14.8 Å². The molecule has 0 heterocycles. The molecule has 0 aliphatic carbocycles. The van der Waals surface area contributed by atoms with Gasteiger partial charge in [-0.2, -0.15) is 0 Å². The molecule has 0 saturated carbocycles. The first kappa shape index (κ1) is 16.5. The van der Waals surface area contributed by atoms with E-state index in [2.05, 4.69) is 54.2 Å². The zero-order chi connectivity index (χ0) is 14.3. The van der Waals surface area contributed by atoms with E-state index in [4.69, 9.17) is 9.47 Å². The Bertz CT molecular complexity index is 382. The van der Waals surface area contributed by atoms with Crippen molar-refractivity contribution in [1.29, 1.82) is 0 Å². The molecular weight excluding hydrogens is 306 g/mol. The number of ether oxygens (including phenoxy) is 2. The fraction of sp³-hybridized carbons (Fsp3) is 0.600. The van der Waals surface area contributed by atoms with Gasteiger partial charge in [0.25, 0.3) is 0 Å². The molecule has 1 aromatic carbocycles. The van der Waals surface area contributed by atoms with Crippen molar-refractivity contribution in [2.75, 3.05) is 13.7 Å². The van der Waals surface area contributed by atoms with Crippen LogP contribution in [0.4, 0.5) is 0 Å². The lowest BCUT2D eigenvalue weighted by Gasteiger charge is -2.16. The van der Waals surface area contributed by atoms with Crippen LogP contribution in [0.25, 0.3) is 0 Å². The van der Waals surface area contributed by atoms with Gasteiger partial charge in [-0.3, -0.25) is 0 Å². The van der Waals surface area contributed by atoms with Gasteiger partial charge in [-0.15, -0.1) is 0 Å². The van der Waals surface area contributed by atoms with Crippen molar-refractivity contribution in [2.45, 2.75) is 45.9 Å². The summed E-state index contributed by atoms with van der Waals surface area (Å²) in [4.78, 5) is 0. The molecule has 0 radical (unpaired) electrons. The summed E-state index contributed by atoms with van der Waals surface area (Å²) in [5, 5.41) is 3.40. The van der Waals surface area contributed by atoms with Gasteiger partial charge in [-0.25, -0.2) is 0 Å². The summed E-state index contributed by atoms with van der Waals surface area (Å²) in [6.45, 7) is 7.93. The molecule has 0 amide bonds. The molecule has 1 rings (SSSR count). The summed E-state index contributed by atoms with van der Waals surface area (Å²) >= 11 is 3.57. The van der Waals surface area contributed by atoms with Crippen LogP contribution in [0, 0.1) is 0 Å². The van der Waals surface area contributed by atoms with Gasteiger partial charge in [-0.1, -0.05) is 19.9 Å². The summed E-state index contributed by atoms with van der Waals surface area (Å²) in [7, 11) is 1.71. The van der Waals surface area contributed by atoms with E-state index in [1.165, 1.54) is 5.56 Å². The molecule has 0 aliphatic rings. The molecule has 0 saturated heterocycles. The molecule has 0 fully saturated rings. The largest absolute Gasteiger partial charge is 0.489 e. The van der Waals surface area contributed by atoms with E-state index in [0.29, 0.717) is 6.04 Å². The second-order valence-electron chi connectivity index (χ2n) is 5.01. The van der Waals surface area contributed by atoms with Crippen molar-refractivity contribution in [3.05, 3.63) is 28.2 Å². The molecule has 0 spiro atoms. The van der Waals surface area contributed by atoms with Gasteiger partial charge in [0.05, 0.1) is 10.6 Å². The third-order valence-corrected chi connectivity index (χ3v) is 3.39. The lowest BCUT2D eigenvalue weighted by atomic mass is 10.2. The van der Waals surface area contributed by atoms with Crippen LogP contribution < -0.4 is 10.1 Å². The summed E-state index contributed by atoms with van der Waals surface area (Å²) in [6, 6.07) is 6.71. The predicted octanol–water partition coefficient (Wildman–Crippen LogP) is 3.75. The van der Waals surface area contributed by atoms with E-state index in [1.807, 2.05) is 6.07 Å². The van der Waals surface area contributed by atoms with Gasteiger partial charge in [-0.05, 0) is 40.5 Å². The Morgan fingerprint density at radius 1 is 1.26 bits per heavy atom. The summed E-state index contributed by atoms with van der Waals surface area (Å²) in [5.74, 6) is 0.886. The molecule has 1 atom stereocenters. The van der Waals surface area contributed by atoms with E-state index < -0.39 is 0 Å². The maximum atomic E-state index is 5.88. The lowest BCUT2D eigenvalue weighted by Crippen LogP contribution is -2.21. The molecular formula is C15H24BrNO2. The highest BCUT2D eigenvalue weighted by atomic mass is 79.9. The quantitative estimate of drug-likeness (QED) is 0.787. The molecule has 0 aliphatic heterocycles. The first-order valence-electron chi connectivity index (χ1n) is 6.70. The van der Waals surface area contributed by atoms with Gasteiger partial charge in [0.15, 0.2) is 0 Å². The number of nitrogens with one attached hydrogen (secondary N) is 1. The zero-order valence-corrected chi connectivity index (χ0v) is 13.8. The SMILES string of the molecule is COCCC(C)Oc1ccc(CNC(C)C)cc1Br. The zero-order valence-electron chi connectivity index (χ0n) is 12.2. The highest BCUT2D eigenvalue weighted by Crippen LogP contribution is 2.27. The number of hydrogen-bond acceptors (Lipinski definition) is 3. The Morgan fingerprint density at radius 2 is 2.00 bits per heavy atom. The fourth-order valence-electron chi connectivity index (χ4n) is 1.63. The number of halogens is 1. The topological polar surface area (TPSA) is 30.5 Å². The molecule has 4 heteroatoms. The molecule has 3 nitrogen and oxygen atoms in total. The Morgan fingerprint density at radius 3 is 2.58 bits per heavy atom. The van der Waals surface area contributed by atoms with Gasteiger partial charge in [0, 0.05) is 32.7 Å². The van der Waals surface area contributed by atoms with Gasteiger partial charge in [0.1, 0.15) is 5.75 Å². The first-order valence-corrected chi connectivity index (χ1v) is 7.49. The van der Waals surface area contributed by atoms with Crippen LogP contribution in [-0.4, -0.2) is 25.9 Å². The van der Waals surface area contributed by atoms with Crippen LogP contribution >= 0.6 is 15.9 Å². The number of hydrogen-bond donors (Lipinski definition) is 1. The summed E-state index contributed by atoms with van der Waals surface area (Å²) in [6.07, 6.45) is 1.04. The van der Waals surface area contributed by atoms with Crippen LogP contribution in [-0.2, 0) is 11.3 Å². The van der Waals surface area contributed by atoms with Crippen molar-refractivity contribution < 1.29 is 9.47 Å². The fourth-order valence-corrected chi connectivity index (χ4v) is 2.15. The first-order chi connectivity index (χ1) is 9.02. The number of benzene rings is 1. The maximum Gasteiger partial charge on any atom is 0.133 e. The van der Waals surface area contributed by atoms with Crippen molar-refractivity contribution in [3.8, 4) is 5.75 Å². The van der Waals surface area contributed by atoms with Crippen LogP contribution in [0.1, 0.15) is 32.8 Å². The van der Waals surface area contributed by atoms with E-state index in [0.717, 1.165) is 29.8 Å². The smallest absolute Gasteiger partial charge is 0.133 e. The van der Waals surface area contributed by atoms with E-state index >= 15 is 0 Å². The minimum absolute atomic E-state index is 0.149. The van der Waals surface area contributed by atoms with E-state index in [9.17, 15) is 0 Å². The predicted molar refractivity (Wildman–Crippen MR) is 82.7 cm³/mol. The van der Waals surface area contributed by atoms with Gasteiger partial charge in [0.2, 0.25) is 0 Å². The van der Waals surface area contributed by atoms with Gasteiger partial charge >= 0.3 is 0 Å². The molecule has 108 valence electrons. The maximum absolute atomic E-state index is 5.88. The number of methoxy groups -OCH3 is 1. The summed E-state index contributed by atoms with van der Waals surface area (Å²) < 4.78 is 11.9. The molecule has 19 heavy (non-hydrogen) atoms. The standard InChI is InChI=1S/C15H24BrNO2/c1-11(2)17-10-13-5-6-15(14(16)9-13)19-12(3)7-8-18-4/h5-6,9,11-12,17H,7-8,10H2,1-4H3. The minimum atomic E-state index is 0.149.